The first kappa shape index (κ1) is 9.26. The van der Waals surface area contributed by atoms with E-state index < -0.39 is 11.5 Å². The average Bonchev–Trinajstić information content (AvgIpc) is 2.50. The molecule has 1 heterocycles. The molecule has 1 fully saturated rings. The first-order valence-corrected chi connectivity index (χ1v) is 4.30. The number of carbonyl (C=O) groups is 1. The smallest absolute Gasteiger partial charge is 0.323 e. The predicted octanol–water partition coefficient (Wildman–Crippen LogP) is 1.16. The highest BCUT2D eigenvalue weighted by atomic mass is 16.4. The summed E-state index contributed by atoms with van der Waals surface area (Å²) >= 11 is 0. The molecule has 0 aromatic carbocycles. The zero-order valence-electron chi connectivity index (χ0n) is 7.18. The van der Waals surface area contributed by atoms with Crippen molar-refractivity contribution in [1.82, 2.24) is 5.32 Å². The summed E-state index contributed by atoms with van der Waals surface area (Å²) in [6.07, 6.45) is 4.90. The number of aliphatic carboxylic acids is 1. The summed E-state index contributed by atoms with van der Waals surface area (Å²) in [6, 6.07) is 0. The van der Waals surface area contributed by atoms with E-state index in [-0.39, 0.29) is 0 Å². The third-order valence-corrected chi connectivity index (χ3v) is 2.43. The molecule has 2 N–H and O–H groups in total. The zero-order chi connectivity index (χ0) is 9.03. The van der Waals surface area contributed by atoms with Crippen molar-refractivity contribution in [3.63, 3.8) is 0 Å². The second-order valence-electron chi connectivity index (χ2n) is 3.24. The van der Waals surface area contributed by atoms with E-state index in [9.17, 15) is 4.79 Å². The molecule has 0 radical (unpaired) electrons. The van der Waals surface area contributed by atoms with Crippen LogP contribution in [0.2, 0.25) is 0 Å². The van der Waals surface area contributed by atoms with E-state index in [2.05, 4.69) is 11.9 Å². The quantitative estimate of drug-likeness (QED) is 0.621. The largest absolute Gasteiger partial charge is 0.480 e. The van der Waals surface area contributed by atoms with Crippen LogP contribution in [0, 0.1) is 0 Å². The standard InChI is InChI=1S/C9H15NO2/c1-2-3-5-9(8(11)12)6-4-7-10-9/h2,10H,1,3-7H2,(H,11,12)/t9-/m0/s1. The molecule has 0 aromatic rings. The highest BCUT2D eigenvalue weighted by Gasteiger charge is 2.39. The van der Waals surface area contributed by atoms with Gasteiger partial charge in [-0.2, -0.15) is 0 Å². The molecular weight excluding hydrogens is 154 g/mol. The number of carboxylic acid groups (broad SMARTS) is 1. The third-order valence-electron chi connectivity index (χ3n) is 2.43. The Hall–Kier alpha value is -0.830. The lowest BCUT2D eigenvalue weighted by Crippen LogP contribution is -2.47. The second-order valence-corrected chi connectivity index (χ2v) is 3.24. The van der Waals surface area contributed by atoms with Gasteiger partial charge in [-0.3, -0.25) is 4.79 Å². The molecule has 3 nitrogen and oxygen atoms in total. The summed E-state index contributed by atoms with van der Waals surface area (Å²) < 4.78 is 0. The number of nitrogens with one attached hydrogen (secondary N) is 1. The van der Waals surface area contributed by atoms with Gasteiger partial charge in [-0.15, -0.1) is 6.58 Å². The molecule has 0 saturated carbocycles. The number of hydrogen-bond donors (Lipinski definition) is 2. The van der Waals surface area contributed by atoms with Gasteiger partial charge in [0.1, 0.15) is 5.54 Å². The van der Waals surface area contributed by atoms with Gasteiger partial charge in [0.2, 0.25) is 0 Å². The number of allylic oxidation sites excluding steroid dienone is 1. The minimum atomic E-state index is -0.721. The maximum absolute atomic E-state index is 10.9. The average molecular weight is 169 g/mol. The van der Waals surface area contributed by atoms with E-state index in [1.807, 2.05) is 0 Å². The van der Waals surface area contributed by atoms with Crippen LogP contribution in [-0.4, -0.2) is 23.2 Å². The molecule has 1 rings (SSSR count). The van der Waals surface area contributed by atoms with Crippen LogP contribution in [0.5, 0.6) is 0 Å². The molecule has 1 aliphatic heterocycles. The fourth-order valence-electron chi connectivity index (χ4n) is 1.66. The van der Waals surface area contributed by atoms with E-state index in [0.29, 0.717) is 6.42 Å². The van der Waals surface area contributed by atoms with Gasteiger partial charge in [-0.1, -0.05) is 6.08 Å². The lowest BCUT2D eigenvalue weighted by atomic mass is 9.92. The van der Waals surface area contributed by atoms with E-state index in [1.165, 1.54) is 0 Å². The van der Waals surface area contributed by atoms with E-state index >= 15 is 0 Å². The summed E-state index contributed by atoms with van der Waals surface area (Å²) in [5.41, 5.74) is -0.659. The van der Waals surface area contributed by atoms with Crippen LogP contribution in [0.4, 0.5) is 0 Å². The molecule has 0 spiro atoms. The molecule has 1 saturated heterocycles. The van der Waals surface area contributed by atoms with E-state index in [0.717, 1.165) is 25.8 Å². The lowest BCUT2D eigenvalue weighted by molar-refractivity contribution is -0.144. The number of carboxylic acids is 1. The summed E-state index contributed by atoms with van der Waals surface area (Å²) in [7, 11) is 0. The minimum absolute atomic E-state index is 0.659. The molecule has 1 aliphatic rings. The highest BCUT2D eigenvalue weighted by Crippen LogP contribution is 2.24. The first-order valence-electron chi connectivity index (χ1n) is 4.30. The van der Waals surface area contributed by atoms with Gasteiger partial charge in [0, 0.05) is 0 Å². The Morgan fingerprint density at radius 2 is 2.50 bits per heavy atom. The van der Waals surface area contributed by atoms with Crippen molar-refractivity contribution < 1.29 is 9.90 Å². The van der Waals surface area contributed by atoms with Gasteiger partial charge >= 0.3 is 5.97 Å². The molecule has 0 aliphatic carbocycles. The highest BCUT2D eigenvalue weighted by molar-refractivity contribution is 5.79. The van der Waals surface area contributed by atoms with Crippen molar-refractivity contribution in [2.24, 2.45) is 0 Å². The van der Waals surface area contributed by atoms with Gasteiger partial charge in [-0.25, -0.2) is 0 Å². The molecule has 12 heavy (non-hydrogen) atoms. The van der Waals surface area contributed by atoms with E-state index in [4.69, 9.17) is 5.11 Å². The van der Waals surface area contributed by atoms with Gasteiger partial charge in [0.15, 0.2) is 0 Å². The topological polar surface area (TPSA) is 49.3 Å². The molecule has 1 atom stereocenters. The van der Waals surface area contributed by atoms with Crippen LogP contribution < -0.4 is 5.32 Å². The molecule has 68 valence electrons. The molecule has 3 heteroatoms. The van der Waals surface area contributed by atoms with Crippen LogP contribution in [0.25, 0.3) is 0 Å². The molecule has 0 amide bonds. The second kappa shape index (κ2) is 3.72. The van der Waals surface area contributed by atoms with Crippen molar-refractivity contribution in [3.8, 4) is 0 Å². The van der Waals surface area contributed by atoms with Crippen molar-refractivity contribution in [1.29, 1.82) is 0 Å². The lowest BCUT2D eigenvalue weighted by Gasteiger charge is -2.23. The molecule has 0 bridgehead atoms. The van der Waals surface area contributed by atoms with Crippen LogP contribution in [0.15, 0.2) is 12.7 Å². The minimum Gasteiger partial charge on any atom is -0.480 e. The summed E-state index contributed by atoms with van der Waals surface area (Å²) in [5, 5.41) is 12.1. The molecular formula is C9H15NO2. The summed E-state index contributed by atoms with van der Waals surface area (Å²) in [5.74, 6) is -0.721. The Labute approximate surface area is 72.5 Å². The number of hydrogen-bond acceptors (Lipinski definition) is 2. The van der Waals surface area contributed by atoms with Crippen LogP contribution in [0.3, 0.4) is 0 Å². The fraction of sp³-hybridized carbons (Fsp3) is 0.667. The summed E-state index contributed by atoms with van der Waals surface area (Å²) in [6.45, 7) is 4.41. The summed E-state index contributed by atoms with van der Waals surface area (Å²) in [4.78, 5) is 10.9. The predicted molar refractivity (Wildman–Crippen MR) is 47.0 cm³/mol. The van der Waals surface area contributed by atoms with Crippen molar-refractivity contribution in [2.45, 2.75) is 31.2 Å². The fourth-order valence-corrected chi connectivity index (χ4v) is 1.66. The number of rotatable bonds is 4. The normalized spacial score (nSPS) is 28.7. The van der Waals surface area contributed by atoms with Gasteiger partial charge in [-0.05, 0) is 32.2 Å². The Bertz CT molecular complexity index is 183. The van der Waals surface area contributed by atoms with Crippen LogP contribution in [0.1, 0.15) is 25.7 Å². The van der Waals surface area contributed by atoms with Crippen LogP contribution in [-0.2, 0) is 4.79 Å². The monoisotopic (exact) mass is 169 g/mol. The SMILES string of the molecule is C=CCC[C@@]1(C(=O)O)CCCN1. The Morgan fingerprint density at radius 1 is 1.75 bits per heavy atom. The van der Waals surface area contributed by atoms with Crippen molar-refractivity contribution in [3.05, 3.63) is 12.7 Å². The van der Waals surface area contributed by atoms with E-state index in [1.54, 1.807) is 6.08 Å². The van der Waals surface area contributed by atoms with Crippen LogP contribution >= 0.6 is 0 Å². The van der Waals surface area contributed by atoms with Gasteiger partial charge in [0.05, 0.1) is 0 Å². The van der Waals surface area contributed by atoms with Gasteiger partial charge in [0.25, 0.3) is 0 Å². The molecule has 0 aromatic heterocycles. The van der Waals surface area contributed by atoms with Crippen molar-refractivity contribution >= 4 is 5.97 Å². The Balaban J connectivity index is 2.58. The zero-order valence-corrected chi connectivity index (χ0v) is 7.18. The maximum atomic E-state index is 10.9. The Kier molecular flexibility index (Phi) is 2.87. The molecule has 0 unspecified atom stereocenters. The Morgan fingerprint density at radius 3 is 2.92 bits per heavy atom. The maximum Gasteiger partial charge on any atom is 0.323 e. The third kappa shape index (κ3) is 1.67. The van der Waals surface area contributed by atoms with Gasteiger partial charge < -0.3 is 10.4 Å². The first-order chi connectivity index (χ1) is 5.71. The van der Waals surface area contributed by atoms with Crippen molar-refractivity contribution in [2.75, 3.05) is 6.54 Å².